The summed E-state index contributed by atoms with van der Waals surface area (Å²) in [4.78, 5) is 40.9. The van der Waals surface area contributed by atoms with Crippen LogP contribution in [0, 0.1) is 22.7 Å². The molecule has 7 N–H and O–H groups in total. The van der Waals surface area contributed by atoms with Crippen molar-refractivity contribution >= 4 is 31.1 Å². The van der Waals surface area contributed by atoms with Gasteiger partial charge in [0.2, 0.25) is 11.8 Å². The summed E-state index contributed by atoms with van der Waals surface area (Å²) < 4.78 is 41.7. The molecule has 0 aliphatic carbocycles. The molecule has 111 heavy (non-hydrogen) atoms. The number of hydrogen-bond acceptors (Lipinski definition) is 23. The number of esters is 1. The molecular weight excluding hydrogens is 1430 g/mol. The predicted octanol–water partition coefficient (Wildman–Crippen LogP) is 19.7. The lowest BCUT2D eigenvalue weighted by atomic mass is 9.69. The van der Waals surface area contributed by atoms with E-state index in [0.29, 0.717) is 51.6 Å². The lowest BCUT2D eigenvalue weighted by molar-refractivity contribution is -0.375. The zero-order valence-electron chi connectivity index (χ0n) is 78.1. The van der Waals surface area contributed by atoms with Crippen LogP contribution >= 0.6 is 7.60 Å². The van der Waals surface area contributed by atoms with Crippen LogP contribution in [0.5, 0.6) is 0 Å². The average molecular weight is 1610 g/mol. The quantitative estimate of drug-likeness (QED) is 0.0274. The molecule has 25 nitrogen and oxygen atoms in total. The van der Waals surface area contributed by atoms with E-state index in [1.807, 2.05) is 155 Å². The van der Waals surface area contributed by atoms with E-state index in [-0.39, 0.29) is 104 Å². The van der Waals surface area contributed by atoms with Crippen molar-refractivity contribution in [2.75, 3.05) is 39.5 Å². The SMILES string of the molecule is CCC1(C)C/C(=N/O)C(C)C(C)(CC)N1O.CCC1(C)CC(OC(C)=O)C(C)C(C)(CC)N1O.CCC1(C)CC2(CC(C)(CC)N1O)OCC(C)(C)CO2.CCC1(CC)C(=O)N(C(C)(C)C)CC(C)(C)N1O.CCC1(CC)CN(C(C)(C)C)C(=O)C(CC)(CC)N1O.CCOP(=O)(OCC)C(N(O)C(C)(C)C)C(C)(C)C. The van der Waals surface area contributed by atoms with Gasteiger partial charge >= 0.3 is 13.6 Å². The van der Waals surface area contributed by atoms with Gasteiger partial charge in [0.25, 0.3) is 0 Å². The molecule has 10 atom stereocenters. The summed E-state index contributed by atoms with van der Waals surface area (Å²) in [5, 5.41) is 84.4. The van der Waals surface area contributed by atoms with Crippen LogP contribution in [0.1, 0.15) is 373 Å². The first-order valence-corrected chi connectivity index (χ1v) is 44.0. The summed E-state index contributed by atoms with van der Waals surface area (Å²) in [6, 6.07) is 0. The average Bonchev–Trinajstić information content (AvgIpc) is 0.739. The van der Waals surface area contributed by atoms with Crippen LogP contribution in [0.3, 0.4) is 0 Å². The van der Waals surface area contributed by atoms with Crippen LogP contribution in [-0.4, -0.2) is 229 Å². The number of carbonyl (C=O) groups is 3. The number of oxime groups is 1. The van der Waals surface area contributed by atoms with Crippen LogP contribution < -0.4 is 0 Å². The Morgan fingerprint density at radius 2 is 0.919 bits per heavy atom. The van der Waals surface area contributed by atoms with Crippen LogP contribution in [0.25, 0.3) is 0 Å². The zero-order chi connectivity index (χ0) is 87.5. The predicted molar refractivity (Wildman–Crippen MR) is 445 cm³/mol. The summed E-state index contributed by atoms with van der Waals surface area (Å²) in [5.41, 5.74) is -4.89. The molecule has 1 spiro atoms. The van der Waals surface area contributed by atoms with E-state index in [2.05, 4.69) is 109 Å². The highest BCUT2D eigenvalue weighted by molar-refractivity contribution is 7.54. The van der Waals surface area contributed by atoms with Gasteiger partial charge < -0.3 is 69.5 Å². The number of rotatable bonds is 19. The van der Waals surface area contributed by atoms with Gasteiger partial charge in [-0.3, -0.25) is 18.9 Å². The third kappa shape index (κ3) is 23.1. The molecule has 0 aromatic rings. The third-order valence-electron chi connectivity index (χ3n) is 26.9. The van der Waals surface area contributed by atoms with Gasteiger partial charge in [0, 0.05) is 107 Å². The molecule has 6 rings (SSSR count). The number of hydrogen-bond donors (Lipinski definition) is 7. The van der Waals surface area contributed by atoms with E-state index in [1.165, 1.54) is 27.2 Å². The molecule has 658 valence electrons. The summed E-state index contributed by atoms with van der Waals surface area (Å²) in [7, 11) is -3.43. The van der Waals surface area contributed by atoms with E-state index < -0.39 is 46.7 Å². The number of carbonyl (C=O) groups excluding carboxylic acids is 3. The fraction of sp³-hybridized carbons (Fsp3) is 0.953. The maximum atomic E-state index is 13.0. The van der Waals surface area contributed by atoms with Crippen molar-refractivity contribution in [2.24, 2.45) is 27.8 Å². The van der Waals surface area contributed by atoms with Gasteiger partial charge in [-0.15, -0.1) is 0 Å². The molecule has 0 radical (unpaired) electrons. The first-order chi connectivity index (χ1) is 50.2. The molecule has 0 aromatic heterocycles. The summed E-state index contributed by atoms with van der Waals surface area (Å²) in [5.74, 6) is -1.22. The Labute approximate surface area is 676 Å². The molecule has 6 heterocycles. The van der Waals surface area contributed by atoms with E-state index in [4.69, 9.17) is 28.5 Å². The van der Waals surface area contributed by atoms with Crippen molar-refractivity contribution in [3.8, 4) is 0 Å². The number of nitrogens with zero attached hydrogens (tertiary/aromatic N) is 9. The Morgan fingerprint density at radius 1 is 0.541 bits per heavy atom. The van der Waals surface area contributed by atoms with Crippen LogP contribution in [-0.2, 0) is 42.2 Å². The molecule has 0 bridgehead atoms. The number of ether oxygens (including phenoxy) is 3. The largest absolute Gasteiger partial charge is 0.462 e. The van der Waals surface area contributed by atoms with E-state index >= 15 is 0 Å². The minimum absolute atomic E-state index is 0.0434. The number of piperidine rings is 3. The number of piperazine rings is 2. The number of amides is 2. The maximum absolute atomic E-state index is 13.0. The van der Waals surface area contributed by atoms with Gasteiger partial charge in [-0.25, -0.2) is 0 Å². The van der Waals surface area contributed by atoms with Crippen molar-refractivity contribution in [1.29, 1.82) is 0 Å². The first kappa shape index (κ1) is 106. The normalized spacial score (nSPS) is 31.3. The van der Waals surface area contributed by atoms with Gasteiger partial charge in [-0.05, 0) is 214 Å². The smallest absolute Gasteiger partial charge is 0.350 e. The molecule has 6 aliphatic rings. The molecule has 6 fully saturated rings. The van der Waals surface area contributed by atoms with E-state index in [1.54, 1.807) is 18.9 Å². The highest BCUT2D eigenvalue weighted by atomic mass is 31.2. The van der Waals surface area contributed by atoms with Crippen LogP contribution in [0.4, 0.5) is 0 Å². The summed E-state index contributed by atoms with van der Waals surface area (Å²) in [6.07, 6.45) is 11.8. The number of hydroxylamine groups is 12. The topological polar surface area (TPSA) is 294 Å². The molecule has 26 heteroatoms. The van der Waals surface area contributed by atoms with E-state index in [9.17, 15) is 50.2 Å². The Hall–Kier alpha value is -2.53. The Morgan fingerprint density at radius 3 is 1.23 bits per heavy atom. The Bertz CT molecular complexity index is 2950. The molecule has 0 aromatic carbocycles. The van der Waals surface area contributed by atoms with Gasteiger partial charge in [-0.2, -0.15) is 30.4 Å². The molecule has 6 saturated heterocycles. The van der Waals surface area contributed by atoms with Gasteiger partial charge in [0.15, 0.2) is 5.79 Å². The van der Waals surface area contributed by atoms with Gasteiger partial charge in [-0.1, -0.05) is 137 Å². The lowest BCUT2D eigenvalue weighted by Gasteiger charge is -2.59. The fourth-order valence-electron chi connectivity index (χ4n) is 17.3. The first-order valence-electron chi connectivity index (χ1n) is 42.4. The zero-order valence-corrected chi connectivity index (χ0v) is 79.0. The highest BCUT2D eigenvalue weighted by Gasteiger charge is 2.62. The molecule has 6 aliphatic heterocycles. The molecule has 10 unspecified atom stereocenters. The third-order valence-corrected chi connectivity index (χ3v) is 29.7. The van der Waals surface area contributed by atoms with Crippen LogP contribution in [0.2, 0.25) is 0 Å². The van der Waals surface area contributed by atoms with Gasteiger partial charge in [0.1, 0.15) is 23.0 Å². The van der Waals surface area contributed by atoms with Crippen molar-refractivity contribution in [1.82, 2.24) is 40.2 Å². The standard InChI is InChI=1S/C16H32N2O2.C16H31NO3.C14H28N2O2.C14H27NO3.C13H30NO4P.C12H24N2O2/c1-8-15(9-2)12-17(14(5,6)7)13(19)16(10-3,11-4)18(15)20;1-7-14(5)9-16(10-15(6,8-2)17(14)18)19-11-13(3,4)12-20-16;1-8-14(9-2)11(17)15(12(3,4)5)10-13(6,7)16(14)18;1-7-13(5)9-12(18-11(4)16)10(3)14(6,8-2)15(13)17;1-9-17-19(16,18-10-2)11(12(3,4)5)14(15)13(6,7)8;1-6-11(4)8-10(13-15)9(3)12(5,7-2)14(11)16/h20H,8-12H2,1-7H3;18H,7-12H2,1-6H3;18H,8-10H2,1-7H3;10,12,17H,7-9H2,1-6H3;11,15H,9-10H2,1-8H3;9,15-16H,6-8H2,1-5H3/b;;;;;13-10-. The second kappa shape index (κ2) is 39.6. The second-order valence-corrected chi connectivity index (χ2v) is 42.1. The minimum Gasteiger partial charge on any atom is -0.462 e. The minimum atomic E-state index is -3.43. The van der Waals surface area contributed by atoms with Crippen molar-refractivity contribution in [2.45, 2.75) is 462 Å². The molecule has 0 saturated carbocycles. The fourth-order valence-corrected chi connectivity index (χ4v) is 19.9. The van der Waals surface area contributed by atoms with Gasteiger partial charge in [0.05, 0.1) is 48.8 Å². The highest BCUT2D eigenvalue weighted by Crippen LogP contribution is 2.61. The maximum Gasteiger partial charge on any atom is 0.350 e. The summed E-state index contributed by atoms with van der Waals surface area (Å²) in [6.45, 7) is 81.0. The summed E-state index contributed by atoms with van der Waals surface area (Å²) >= 11 is 0. The lowest BCUT2D eigenvalue weighted by Crippen LogP contribution is -2.75. The molecule has 2 amide bonds. The monoisotopic (exact) mass is 1610 g/mol. The van der Waals surface area contributed by atoms with Crippen LogP contribution in [0.15, 0.2) is 5.16 Å². The van der Waals surface area contributed by atoms with E-state index in [0.717, 1.165) is 88.2 Å². The van der Waals surface area contributed by atoms with Crippen molar-refractivity contribution in [3.63, 3.8) is 0 Å². The second-order valence-electron chi connectivity index (χ2n) is 40.0. The Kier molecular flexibility index (Phi) is 38.0. The van der Waals surface area contributed by atoms with Crippen molar-refractivity contribution in [3.05, 3.63) is 0 Å². The van der Waals surface area contributed by atoms with Crippen molar-refractivity contribution < 1.29 is 78.7 Å². The molecular formula is C85H172N9O16P. The Balaban J connectivity index is 0.000000667.